The molecule has 0 spiro atoms. The molecule has 0 saturated heterocycles. The lowest BCUT2D eigenvalue weighted by atomic mass is 9.97. The van der Waals surface area contributed by atoms with Crippen LogP contribution >= 0.6 is 0 Å². The van der Waals surface area contributed by atoms with Crippen LogP contribution in [0.3, 0.4) is 0 Å². The summed E-state index contributed by atoms with van der Waals surface area (Å²) in [6.45, 7) is 1.62. The van der Waals surface area contributed by atoms with Gasteiger partial charge in [-0.05, 0) is 24.6 Å². The maximum absolute atomic E-state index is 9.50. The van der Waals surface area contributed by atoms with Gasteiger partial charge in [0.2, 0.25) is 0 Å². The number of nitrogen functional groups attached to an aromatic ring is 1. The van der Waals surface area contributed by atoms with Crippen molar-refractivity contribution < 1.29 is 10.2 Å². The number of hydrogen-bond acceptors (Lipinski definition) is 5. The van der Waals surface area contributed by atoms with Crippen molar-refractivity contribution >= 4 is 22.1 Å². The van der Waals surface area contributed by atoms with Crippen LogP contribution in [-0.2, 0) is 0 Å². The van der Waals surface area contributed by atoms with Crippen LogP contribution in [0.25, 0.3) is 10.8 Å². The summed E-state index contributed by atoms with van der Waals surface area (Å²) in [6.07, 6.45) is 4.02. The lowest BCUT2D eigenvalue weighted by Crippen LogP contribution is -2.45. The van der Waals surface area contributed by atoms with Crippen molar-refractivity contribution in [2.75, 3.05) is 24.3 Å². The van der Waals surface area contributed by atoms with Crippen LogP contribution in [0.5, 0.6) is 0 Å². The number of fused-ring (bicyclic) bond motifs is 1. The average molecular weight is 261 g/mol. The predicted octanol–water partition coefficient (Wildman–Crippen LogP) is 1.36. The number of nitrogens with two attached hydrogens (primary N) is 1. The number of pyridine rings is 1. The Balaban J connectivity index is 2.49. The van der Waals surface area contributed by atoms with Crippen LogP contribution in [0, 0.1) is 0 Å². The first-order valence-electron chi connectivity index (χ1n) is 6.28. The van der Waals surface area contributed by atoms with E-state index in [1.807, 2.05) is 19.1 Å². The van der Waals surface area contributed by atoms with Gasteiger partial charge in [0.15, 0.2) is 0 Å². The van der Waals surface area contributed by atoms with Crippen molar-refractivity contribution in [3.63, 3.8) is 0 Å². The number of hydrogen-bond donors (Lipinski definition) is 4. The minimum atomic E-state index is -0.737. The van der Waals surface area contributed by atoms with E-state index in [-0.39, 0.29) is 13.2 Å². The van der Waals surface area contributed by atoms with E-state index in [9.17, 15) is 10.2 Å². The number of anilines is 2. The number of rotatable bonds is 5. The topological polar surface area (TPSA) is 91.4 Å². The molecular formula is C14H19N3O2. The van der Waals surface area contributed by atoms with Crippen molar-refractivity contribution in [3.05, 3.63) is 30.6 Å². The van der Waals surface area contributed by atoms with Crippen molar-refractivity contribution in [1.29, 1.82) is 0 Å². The zero-order valence-corrected chi connectivity index (χ0v) is 10.9. The molecule has 5 nitrogen and oxygen atoms in total. The second kappa shape index (κ2) is 5.42. The van der Waals surface area contributed by atoms with Gasteiger partial charge in [-0.15, -0.1) is 0 Å². The Hall–Kier alpha value is -1.85. The van der Waals surface area contributed by atoms with Crippen LogP contribution in [0.2, 0.25) is 0 Å². The van der Waals surface area contributed by atoms with Gasteiger partial charge in [-0.3, -0.25) is 4.98 Å². The molecule has 0 bridgehead atoms. The third-order valence-corrected chi connectivity index (χ3v) is 3.53. The summed E-state index contributed by atoms with van der Waals surface area (Å²) in [4.78, 5) is 4.10. The zero-order valence-electron chi connectivity index (χ0n) is 10.9. The summed E-state index contributed by atoms with van der Waals surface area (Å²) in [5.41, 5.74) is 6.68. The van der Waals surface area contributed by atoms with Crippen LogP contribution in [0.4, 0.5) is 11.4 Å². The lowest BCUT2D eigenvalue weighted by Gasteiger charge is -2.31. The summed E-state index contributed by atoms with van der Waals surface area (Å²) in [7, 11) is 0. The summed E-state index contributed by atoms with van der Waals surface area (Å²) in [6, 6.07) is 5.50. The van der Waals surface area contributed by atoms with Gasteiger partial charge in [0.05, 0.1) is 18.8 Å². The highest BCUT2D eigenvalue weighted by Gasteiger charge is 2.26. The van der Waals surface area contributed by atoms with Gasteiger partial charge in [0.25, 0.3) is 0 Å². The van der Waals surface area contributed by atoms with E-state index in [2.05, 4.69) is 10.3 Å². The van der Waals surface area contributed by atoms with Gasteiger partial charge < -0.3 is 21.3 Å². The highest BCUT2D eigenvalue weighted by molar-refractivity contribution is 6.00. The second-order valence-electron chi connectivity index (χ2n) is 4.70. The standard InChI is InChI=1S/C14H19N3O2/c1-2-14(8-18,9-19)17-13-4-3-12(15)10-5-6-16-7-11(10)13/h3-7,17-19H,2,8-9,15H2,1H3. The molecule has 1 heterocycles. The fourth-order valence-corrected chi connectivity index (χ4v) is 2.05. The number of nitrogens with zero attached hydrogens (tertiary/aromatic N) is 1. The predicted molar refractivity (Wildman–Crippen MR) is 77.0 cm³/mol. The minimum Gasteiger partial charge on any atom is -0.398 e. The van der Waals surface area contributed by atoms with E-state index >= 15 is 0 Å². The Labute approximate surface area is 112 Å². The average Bonchev–Trinajstić information content (AvgIpc) is 2.48. The first-order valence-corrected chi connectivity index (χ1v) is 6.28. The van der Waals surface area contributed by atoms with Gasteiger partial charge in [-0.1, -0.05) is 6.92 Å². The highest BCUT2D eigenvalue weighted by atomic mass is 16.3. The van der Waals surface area contributed by atoms with Crippen LogP contribution in [0.15, 0.2) is 30.6 Å². The molecule has 0 atom stereocenters. The first-order chi connectivity index (χ1) is 9.15. The summed E-state index contributed by atoms with van der Waals surface area (Å²) >= 11 is 0. The lowest BCUT2D eigenvalue weighted by molar-refractivity contribution is 0.132. The van der Waals surface area contributed by atoms with Gasteiger partial charge >= 0.3 is 0 Å². The summed E-state index contributed by atoms with van der Waals surface area (Å²) < 4.78 is 0. The number of nitrogens with one attached hydrogen (secondary N) is 1. The molecule has 102 valence electrons. The van der Waals surface area contributed by atoms with Crippen molar-refractivity contribution in [2.24, 2.45) is 0 Å². The number of aliphatic hydroxyl groups is 2. The molecule has 5 N–H and O–H groups in total. The quantitative estimate of drug-likeness (QED) is 0.610. The molecule has 2 aromatic rings. The van der Waals surface area contributed by atoms with E-state index in [4.69, 9.17) is 5.73 Å². The van der Waals surface area contributed by atoms with Gasteiger partial charge in [-0.25, -0.2) is 0 Å². The van der Waals surface area contributed by atoms with Crippen LogP contribution in [-0.4, -0.2) is 33.9 Å². The summed E-state index contributed by atoms with van der Waals surface area (Å²) in [5, 5.41) is 24.0. The van der Waals surface area contributed by atoms with Gasteiger partial charge in [0, 0.05) is 34.5 Å². The molecule has 5 heteroatoms. The third-order valence-electron chi connectivity index (χ3n) is 3.53. The molecule has 0 amide bonds. The molecule has 0 aliphatic carbocycles. The van der Waals surface area contributed by atoms with Gasteiger partial charge in [0.1, 0.15) is 0 Å². The normalized spacial score (nSPS) is 11.7. The molecule has 1 aromatic carbocycles. The van der Waals surface area contributed by atoms with E-state index in [1.165, 1.54) is 0 Å². The Morgan fingerprint density at radius 2 is 1.95 bits per heavy atom. The molecule has 0 radical (unpaired) electrons. The van der Waals surface area contributed by atoms with E-state index in [1.54, 1.807) is 18.5 Å². The maximum atomic E-state index is 9.50. The maximum Gasteiger partial charge on any atom is 0.0832 e. The number of aromatic nitrogens is 1. The van der Waals surface area contributed by atoms with Crippen LogP contribution in [0.1, 0.15) is 13.3 Å². The molecule has 1 aromatic heterocycles. The fourth-order valence-electron chi connectivity index (χ4n) is 2.05. The third kappa shape index (κ3) is 2.47. The Morgan fingerprint density at radius 3 is 2.58 bits per heavy atom. The monoisotopic (exact) mass is 261 g/mol. The smallest absolute Gasteiger partial charge is 0.0832 e. The SMILES string of the molecule is CCC(CO)(CO)Nc1ccc(N)c2ccncc12. The fraction of sp³-hybridized carbons (Fsp3) is 0.357. The number of benzene rings is 1. The zero-order chi connectivity index (χ0) is 13.9. The van der Waals surface area contributed by atoms with Crippen molar-refractivity contribution in [3.8, 4) is 0 Å². The molecule has 0 fully saturated rings. The largest absolute Gasteiger partial charge is 0.398 e. The second-order valence-corrected chi connectivity index (χ2v) is 4.70. The molecule has 0 aliphatic rings. The van der Waals surface area contributed by atoms with E-state index < -0.39 is 5.54 Å². The first kappa shape index (κ1) is 13.6. The highest BCUT2D eigenvalue weighted by Crippen LogP contribution is 2.30. The van der Waals surface area contributed by atoms with Crippen molar-refractivity contribution in [1.82, 2.24) is 4.98 Å². The molecule has 0 aliphatic heterocycles. The Morgan fingerprint density at radius 1 is 1.21 bits per heavy atom. The minimum absolute atomic E-state index is 0.147. The molecule has 0 unspecified atom stereocenters. The number of aliphatic hydroxyl groups excluding tert-OH is 2. The summed E-state index contributed by atoms with van der Waals surface area (Å²) in [5.74, 6) is 0. The molecular weight excluding hydrogens is 242 g/mol. The molecule has 0 saturated carbocycles. The van der Waals surface area contributed by atoms with E-state index in [0.717, 1.165) is 16.5 Å². The van der Waals surface area contributed by atoms with Crippen molar-refractivity contribution in [2.45, 2.75) is 18.9 Å². The Bertz CT molecular complexity index is 559. The van der Waals surface area contributed by atoms with Gasteiger partial charge in [-0.2, -0.15) is 0 Å². The van der Waals surface area contributed by atoms with Crippen LogP contribution < -0.4 is 11.1 Å². The Kier molecular flexibility index (Phi) is 3.87. The molecule has 19 heavy (non-hydrogen) atoms. The molecule has 2 rings (SSSR count). The van der Waals surface area contributed by atoms with E-state index in [0.29, 0.717) is 12.1 Å².